The number of hydrogen-bond acceptors (Lipinski definition) is 5. The highest BCUT2D eigenvalue weighted by atomic mass is 16.2. The molecule has 0 aliphatic carbocycles. The van der Waals surface area contributed by atoms with Gasteiger partial charge in [-0.25, -0.2) is 0 Å². The Kier molecular flexibility index (Phi) is 5.98. The van der Waals surface area contributed by atoms with E-state index >= 15 is 0 Å². The number of carbonyl (C=O) groups is 1. The smallest absolute Gasteiger partial charge is 0.271 e. The predicted octanol–water partition coefficient (Wildman–Crippen LogP) is 2.64. The maximum absolute atomic E-state index is 12.5. The summed E-state index contributed by atoms with van der Waals surface area (Å²) < 4.78 is 0. The molecule has 152 valence electrons. The fourth-order valence-corrected chi connectivity index (χ4v) is 3.50. The van der Waals surface area contributed by atoms with E-state index in [4.69, 9.17) is 0 Å². The fraction of sp³-hybridized carbons (Fsp3) is 0.217. The van der Waals surface area contributed by atoms with Gasteiger partial charge in [-0.3, -0.25) is 19.6 Å². The molecule has 3 aromatic heterocycles. The van der Waals surface area contributed by atoms with E-state index in [2.05, 4.69) is 20.3 Å². The first-order valence-electron chi connectivity index (χ1n) is 9.94. The zero-order valence-electron chi connectivity index (χ0n) is 16.5. The third kappa shape index (κ3) is 4.81. The second kappa shape index (κ2) is 9.17. The van der Waals surface area contributed by atoms with Gasteiger partial charge in [0.05, 0.1) is 0 Å². The lowest BCUT2D eigenvalue weighted by molar-refractivity contribution is -0.125. The van der Waals surface area contributed by atoms with Gasteiger partial charge in [0.1, 0.15) is 5.69 Å². The van der Waals surface area contributed by atoms with Gasteiger partial charge in [0, 0.05) is 61.6 Å². The average Bonchev–Trinajstić information content (AvgIpc) is 3.25. The number of pyridine rings is 3. The van der Waals surface area contributed by atoms with Crippen LogP contribution in [-0.2, 0) is 11.2 Å². The minimum absolute atomic E-state index is 0.0188. The SMILES string of the molecule is O=C(/C=C/Cc1ccccn1)N1CC[C@@H](Nc2cc(-c3ccncc3)c[nH]c2=O)C1. The van der Waals surface area contributed by atoms with E-state index in [1.54, 1.807) is 35.8 Å². The van der Waals surface area contributed by atoms with Gasteiger partial charge in [-0.1, -0.05) is 12.1 Å². The Morgan fingerprint density at radius 2 is 2.07 bits per heavy atom. The number of carbonyl (C=O) groups excluding carboxylic acids is 1. The van der Waals surface area contributed by atoms with E-state index in [9.17, 15) is 9.59 Å². The highest BCUT2D eigenvalue weighted by Crippen LogP contribution is 2.20. The van der Waals surface area contributed by atoms with Gasteiger partial charge in [0.15, 0.2) is 0 Å². The van der Waals surface area contributed by atoms with Gasteiger partial charge < -0.3 is 15.2 Å². The van der Waals surface area contributed by atoms with Crippen LogP contribution in [-0.4, -0.2) is 44.9 Å². The summed E-state index contributed by atoms with van der Waals surface area (Å²) >= 11 is 0. The highest BCUT2D eigenvalue weighted by molar-refractivity contribution is 5.87. The molecule has 0 bridgehead atoms. The Bertz CT molecular complexity index is 1080. The average molecular weight is 401 g/mol. The molecule has 7 nitrogen and oxygen atoms in total. The molecule has 30 heavy (non-hydrogen) atoms. The van der Waals surface area contributed by atoms with Crippen molar-refractivity contribution in [3.05, 3.63) is 89.4 Å². The number of anilines is 1. The lowest BCUT2D eigenvalue weighted by atomic mass is 10.1. The van der Waals surface area contributed by atoms with Crippen LogP contribution in [0.25, 0.3) is 11.1 Å². The van der Waals surface area contributed by atoms with Crippen LogP contribution in [0.3, 0.4) is 0 Å². The molecular formula is C23H23N5O2. The van der Waals surface area contributed by atoms with Gasteiger partial charge in [-0.05, 0) is 48.4 Å². The van der Waals surface area contributed by atoms with Crippen LogP contribution in [0.15, 0.2) is 78.1 Å². The Hall–Kier alpha value is -3.74. The first-order chi connectivity index (χ1) is 14.7. The summed E-state index contributed by atoms with van der Waals surface area (Å²) in [6.07, 6.45) is 11.7. The number of likely N-dealkylation sites (tertiary alicyclic amines) is 1. The van der Waals surface area contributed by atoms with E-state index < -0.39 is 0 Å². The lowest BCUT2D eigenvalue weighted by Crippen LogP contribution is -2.31. The Morgan fingerprint density at radius 3 is 2.87 bits per heavy atom. The minimum Gasteiger partial charge on any atom is -0.376 e. The van der Waals surface area contributed by atoms with E-state index in [1.807, 2.05) is 42.5 Å². The number of hydrogen-bond donors (Lipinski definition) is 2. The van der Waals surface area contributed by atoms with Crippen molar-refractivity contribution in [3.63, 3.8) is 0 Å². The summed E-state index contributed by atoms with van der Waals surface area (Å²) in [7, 11) is 0. The first-order valence-corrected chi connectivity index (χ1v) is 9.94. The number of nitrogens with one attached hydrogen (secondary N) is 2. The van der Waals surface area contributed by atoms with E-state index in [0.29, 0.717) is 25.2 Å². The number of aromatic nitrogens is 3. The van der Waals surface area contributed by atoms with Gasteiger partial charge in [-0.15, -0.1) is 0 Å². The van der Waals surface area contributed by atoms with Crippen molar-refractivity contribution >= 4 is 11.6 Å². The third-order valence-electron chi connectivity index (χ3n) is 5.09. The standard InChI is InChI=1S/C23H23N5O2/c29-22(6-3-5-19-4-1-2-10-25-19)28-13-9-20(16-28)27-21-14-18(15-26-23(21)30)17-7-11-24-12-8-17/h1-4,6-8,10-12,14-15,20,27H,5,9,13,16H2,(H,26,30)/b6-3+/t20-/m1/s1. The van der Waals surface area contributed by atoms with Crippen molar-refractivity contribution in [3.8, 4) is 11.1 Å². The van der Waals surface area contributed by atoms with Crippen LogP contribution in [0.4, 0.5) is 5.69 Å². The van der Waals surface area contributed by atoms with Gasteiger partial charge >= 0.3 is 0 Å². The maximum atomic E-state index is 12.5. The molecule has 0 radical (unpaired) electrons. The lowest BCUT2D eigenvalue weighted by Gasteiger charge is -2.16. The first kappa shape index (κ1) is 19.6. The minimum atomic E-state index is -0.173. The van der Waals surface area contributed by atoms with E-state index in [0.717, 1.165) is 23.2 Å². The molecule has 1 saturated heterocycles. The van der Waals surface area contributed by atoms with E-state index in [-0.39, 0.29) is 17.5 Å². The molecule has 4 rings (SSSR count). The molecule has 1 amide bonds. The van der Waals surface area contributed by atoms with Crippen molar-refractivity contribution in [2.45, 2.75) is 18.9 Å². The fourth-order valence-electron chi connectivity index (χ4n) is 3.50. The number of H-pyrrole nitrogens is 1. The van der Waals surface area contributed by atoms with Crippen LogP contribution in [0.1, 0.15) is 12.1 Å². The zero-order chi connectivity index (χ0) is 20.8. The number of allylic oxidation sites excluding steroid dienone is 1. The number of rotatable bonds is 6. The van der Waals surface area contributed by atoms with Crippen molar-refractivity contribution in [2.24, 2.45) is 0 Å². The van der Waals surface area contributed by atoms with Gasteiger partial charge in [0.2, 0.25) is 5.91 Å². The number of nitrogens with zero attached hydrogens (tertiary/aromatic N) is 3. The quantitative estimate of drug-likeness (QED) is 0.620. The van der Waals surface area contributed by atoms with Crippen molar-refractivity contribution in [2.75, 3.05) is 18.4 Å². The van der Waals surface area contributed by atoms with Crippen LogP contribution in [0, 0.1) is 0 Å². The normalized spacial score (nSPS) is 16.1. The zero-order valence-corrected chi connectivity index (χ0v) is 16.5. The second-order valence-corrected chi connectivity index (χ2v) is 7.21. The summed E-state index contributed by atoms with van der Waals surface area (Å²) in [6, 6.07) is 11.4. The summed E-state index contributed by atoms with van der Waals surface area (Å²) in [5, 5.41) is 3.30. The van der Waals surface area contributed by atoms with Crippen LogP contribution in [0.5, 0.6) is 0 Å². The maximum Gasteiger partial charge on any atom is 0.271 e. The van der Waals surface area contributed by atoms with Gasteiger partial charge in [0.25, 0.3) is 5.56 Å². The molecule has 1 aliphatic heterocycles. The van der Waals surface area contributed by atoms with Crippen LogP contribution in [0.2, 0.25) is 0 Å². The predicted molar refractivity (Wildman–Crippen MR) is 116 cm³/mol. The Balaban J connectivity index is 1.36. The van der Waals surface area contributed by atoms with Crippen LogP contribution < -0.4 is 10.9 Å². The largest absolute Gasteiger partial charge is 0.376 e. The highest BCUT2D eigenvalue weighted by Gasteiger charge is 2.25. The molecular weight excluding hydrogens is 378 g/mol. The molecule has 3 aromatic rings. The molecule has 7 heteroatoms. The summed E-state index contributed by atoms with van der Waals surface area (Å²) in [5.41, 5.74) is 3.14. The molecule has 0 saturated carbocycles. The third-order valence-corrected chi connectivity index (χ3v) is 5.09. The monoisotopic (exact) mass is 401 g/mol. The topological polar surface area (TPSA) is 91.0 Å². The summed E-state index contributed by atoms with van der Waals surface area (Å²) in [5.74, 6) is -0.0188. The molecule has 0 unspecified atom stereocenters. The molecule has 1 fully saturated rings. The number of aromatic amines is 1. The second-order valence-electron chi connectivity index (χ2n) is 7.21. The number of amides is 1. The van der Waals surface area contributed by atoms with Gasteiger partial charge in [-0.2, -0.15) is 0 Å². The molecule has 4 heterocycles. The summed E-state index contributed by atoms with van der Waals surface area (Å²) in [4.78, 5) is 37.6. The molecule has 0 spiro atoms. The van der Waals surface area contributed by atoms with Crippen molar-refractivity contribution in [1.82, 2.24) is 19.9 Å². The van der Waals surface area contributed by atoms with Crippen molar-refractivity contribution in [1.29, 1.82) is 0 Å². The molecule has 1 aliphatic rings. The molecule has 1 atom stereocenters. The molecule has 2 N–H and O–H groups in total. The Morgan fingerprint density at radius 1 is 1.20 bits per heavy atom. The van der Waals surface area contributed by atoms with E-state index in [1.165, 1.54) is 0 Å². The Labute approximate surface area is 174 Å². The summed E-state index contributed by atoms with van der Waals surface area (Å²) in [6.45, 7) is 1.22. The van der Waals surface area contributed by atoms with Crippen molar-refractivity contribution < 1.29 is 4.79 Å². The molecule has 0 aromatic carbocycles. The van der Waals surface area contributed by atoms with Crippen LogP contribution >= 0.6 is 0 Å².